The second-order valence-corrected chi connectivity index (χ2v) is 46.0. The maximum Gasteiger partial charge on any atom is 0.311 e. The summed E-state index contributed by atoms with van der Waals surface area (Å²) in [5.74, 6) is 7.08. The Bertz CT molecular complexity index is 4280. The quantitative estimate of drug-likeness (QED) is 0.0779. The van der Waals surface area contributed by atoms with Gasteiger partial charge in [-0.05, 0) is 352 Å². The second kappa shape index (κ2) is 37.7. The number of nitrogens with one attached hydrogen (secondary N) is 4. The van der Waals surface area contributed by atoms with Gasteiger partial charge in [-0.1, -0.05) is 143 Å². The largest absolute Gasteiger partial charge is 0.466 e. The van der Waals surface area contributed by atoms with Crippen LogP contribution < -0.4 is 21.3 Å². The van der Waals surface area contributed by atoms with E-state index in [0.717, 1.165) is 149 Å². The van der Waals surface area contributed by atoms with Crippen LogP contribution in [-0.4, -0.2) is 101 Å². The molecule has 123 heavy (non-hydrogen) atoms. The van der Waals surface area contributed by atoms with Crippen molar-refractivity contribution in [1.82, 2.24) is 60.4 Å². The first kappa shape index (κ1) is 86.6. The molecule has 676 valence electrons. The van der Waals surface area contributed by atoms with Crippen molar-refractivity contribution in [2.45, 2.75) is 456 Å². The van der Waals surface area contributed by atoms with Gasteiger partial charge in [0.2, 0.25) is 0 Å². The number of fused-ring (bicyclic) bond motifs is 8. The molecular formula is C105H160N12O6. The highest BCUT2D eigenvalue weighted by atomic mass is 16.5. The molecule has 0 aliphatic heterocycles. The third-order valence-electron chi connectivity index (χ3n) is 37.0. The first-order chi connectivity index (χ1) is 59.9. The monoisotopic (exact) mass is 1690 g/mol. The topological polar surface area (TPSA) is 214 Å². The summed E-state index contributed by atoms with van der Waals surface area (Å²) in [6.45, 7) is 11.2. The van der Waals surface area contributed by atoms with Crippen molar-refractivity contribution in [2.24, 2.45) is 80.8 Å². The molecule has 4 aromatic heterocycles. The molecule has 20 aliphatic rings. The Balaban J connectivity index is 0.000000108. The van der Waals surface area contributed by atoms with Gasteiger partial charge in [-0.25, -0.2) is 0 Å². The summed E-state index contributed by atoms with van der Waals surface area (Å²) in [7, 11) is 0. The number of esters is 1. The van der Waals surface area contributed by atoms with Crippen molar-refractivity contribution in [3.05, 3.63) is 67.8 Å². The predicted octanol–water partition coefficient (Wildman–Crippen LogP) is 22.3. The standard InChI is InChI=1S/C27H41N3O.C26H39N3O3.C26H39N3O.C26H41N3O/c31-26(28-18-27-15-19-12-20(16-27)14-21(13-19)17-27)25-23-10-6-1-2-7-11-24(23)30(29-25)22-8-4-3-5-9-22;1-2-32-26(31)22-17-14-15-18(16-17)23(22)27-25(30)24-20-12-8-3-4-9-13-21(20)29(28-24)19-10-6-5-7-11-19;30-25(27-17-26-14-18-11-19(15-26)13-20(12-18)16-26)24-22-9-3-1-2-4-10-23(22)29(28-24)21-7-5-6-8-21;1-25(2)18-15-16-26(3,17-18)24(25)27-23(30)22-20-13-9-4-5-10-14-21(20)29(28-22)19-11-7-6-8-12-19/h19-22H,1-18H2,(H,28,31);17-19,22-23H,2-16H2,1H3,(H,27,30);18-21H,1-17H2,(H,27,30);18-19,24H,4-17H2,1-3H3,(H,27,30). The van der Waals surface area contributed by atoms with Gasteiger partial charge in [-0.3, -0.25) is 42.7 Å². The van der Waals surface area contributed by atoms with Gasteiger partial charge in [-0.15, -0.1) is 0 Å². The van der Waals surface area contributed by atoms with Gasteiger partial charge < -0.3 is 26.0 Å². The van der Waals surface area contributed by atoms with Crippen molar-refractivity contribution in [2.75, 3.05) is 19.7 Å². The molecular weight excluding hydrogens is 1530 g/mol. The molecule has 24 rings (SSSR count). The molecule has 7 unspecified atom stereocenters. The molecule has 20 aliphatic carbocycles. The Kier molecular flexibility index (Phi) is 26.5. The minimum atomic E-state index is -0.195. The average molecular weight is 1690 g/mol. The third-order valence-corrected chi connectivity index (χ3v) is 37.0. The normalized spacial score (nSPS) is 33.8. The molecule has 0 saturated heterocycles. The lowest BCUT2D eigenvalue weighted by molar-refractivity contribution is -0.150. The summed E-state index contributed by atoms with van der Waals surface area (Å²) in [5, 5.41) is 33.9. The van der Waals surface area contributed by atoms with E-state index in [4.69, 9.17) is 25.1 Å². The summed E-state index contributed by atoms with van der Waals surface area (Å²) in [5.41, 5.74) is 14.8. The first-order valence-corrected chi connectivity index (χ1v) is 52.7. The van der Waals surface area contributed by atoms with E-state index < -0.39 is 0 Å². The van der Waals surface area contributed by atoms with E-state index in [1.807, 2.05) is 6.92 Å². The fourth-order valence-electron chi connectivity index (χ4n) is 31.9. The summed E-state index contributed by atoms with van der Waals surface area (Å²) in [6.07, 6.45) is 76.5. The number of aromatic nitrogens is 8. The Hall–Kier alpha value is -5.81. The van der Waals surface area contributed by atoms with Crippen LogP contribution in [0.25, 0.3) is 0 Å². The van der Waals surface area contributed by atoms with Crippen LogP contribution in [0, 0.1) is 80.8 Å². The Morgan fingerprint density at radius 2 is 0.659 bits per heavy atom. The fourth-order valence-corrected chi connectivity index (χ4v) is 31.9. The summed E-state index contributed by atoms with van der Waals surface area (Å²) >= 11 is 0. The van der Waals surface area contributed by atoms with E-state index in [1.54, 1.807) is 0 Å². The van der Waals surface area contributed by atoms with Crippen LogP contribution in [-0.2, 0) is 60.9 Å². The van der Waals surface area contributed by atoms with Gasteiger partial charge in [0.05, 0.1) is 36.7 Å². The summed E-state index contributed by atoms with van der Waals surface area (Å²) in [4.78, 5) is 67.0. The Morgan fingerprint density at radius 1 is 0.350 bits per heavy atom. The molecule has 16 saturated carbocycles. The van der Waals surface area contributed by atoms with Gasteiger partial charge >= 0.3 is 5.97 Å². The zero-order valence-corrected chi connectivity index (χ0v) is 77.0. The van der Waals surface area contributed by atoms with Crippen LogP contribution in [0.3, 0.4) is 0 Å². The molecule has 4 heterocycles. The molecule has 0 aromatic carbocycles. The van der Waals surface area contributed by atoms with Crippen molar-refractivity contribution >= 4 is 29.6 Å². The minimum Gasteiger partial charge on any atom is -0.466 e. The maximum absolute atomic E-state index is 13.7. The van der Waals surface area contributed by atoms with Crippen LogP contribution in [0.2, 0.25) is 0 Å². The molecule has 4 aromatic rings. The number of nitrogens with zero attached hydrogens (tertiary/aromatic N) is 8. The predicted molar refractivity (Wildman–Crippen MR) is 485 cm³/mol. The maximum atomic E-state index is 13.7. The molecule has 18 nitrogen and oxygen atoms in total. The molecule has 0 radical (unpaired) electrons. The van der Waals surface area contributed by atoms with Crippen molar-refractivity contribution in [3.8, 4) is 0 Å². The third kappa shape index (κ3) is 18.2. The fraction of sp³-hybridized carbons (Fsp3) is 0.838. The summed E-state index contributed by atoms with van der Waals surface area (Å²) < 4.78 is 14.6. The zero-order valence-electron chi connectivity index (χ0n) is 77.0. The van der Waals surface area contributed by atoms with Crippen LogP contribution in [0.4, 0.5) is 0 Å². The highest BCUT2D eigenvalue weighted by Crippen LogP contribution is 2.64. The number of hydrogen-bond donors (Lipinski definition) is 4. The van der Waals surface area contributed by atoms with Gasteiger partial charge in [0, 0.05) is 70.2 Å². The van der Waals surface area contributed by atoms with Crippen LogP contribution >= 0.6 is 0 Å². The molecule has 16 fully saturated rings. The van der Waals surface area contributed by atoms with Gasteiger partial charge in [-0.2, -0.15) is 20.4 Å². The van der Waals surface area contributed by atoms with E-state index in [1.165, 1.54) is 360 Å². The van der Waals surface area contributed by atoms with Crippen molar-refractivity contribution in [1.29, 1.82) is 0 Å². The van der Waals surface area contributed by atoms with Crippen LogP contribution in [0.5, 0.6) is 0 Å². The SMILES string of the molecule is CC12CCC(C1)C(C)(C)C2NC(=O)c1nn(C2CCCCC2)c2c1CCCCCC2.CCOC(=O)C1C2CCC(C2)C1NC(=O)c1nn(C2CCCCC2)c2c1CCCCCC2.O=C(NCC12CC3CC(CC(C3)C1)C2)c1nn(C2CCCC2)c2c1CCCCCC2.O=C(NCC12CC3CC(CC(C3)C1)C2)c1nn(C2CCCCC2)c2c1CCCCCC2. The zero-order chi connectivity index (χ0) is 84.0. The number of carbonyl (C=O) groups excluding carboxylic acids is 5. The van der Waals surface area contributed by atoms with Gasteiger partial charge in [0.15, 0.2) is 22.8 Å². The lowest BCUT2D eigenvalue weighted by atomic mass is 9.49. The van der Waals surface area contributed by atoms with Crippen molar-refractivity contribution in [3.63, 3.8) is 0 Å². The van der Waals surface area contributed by atoms with Gasteiger partial charge in [0.1, 0.15) is 0 Å². The number of rotatable bonds is 16. The van der Waals surface area contributed by atoms with Gasteiger partial charge in [0.25, 0.3) is 23.6 Å². The molecule has 4 N–H and O–H groups in total. The molecule has 4 amide bonds. The van der Waals surface area contributed by atoms with Crippen molar-refractivity contribution < 1.29 is 28.7 Å². The Labute approximate surface area is 738 Å². The second-order valence-electron chi connectivity index (χ2n) is 46.0. The molecule has 12 bridgehead atoms. The number of hydrogen-bond acceptors (Lipinski definition) is 10. The van der Waals surface area contributed by atoms with Crippen LogP contribution in [0.1, 0.15) is 479 Å². The van der Waals surface area contributed by atoms with Crippen LogP contribution in [0.15, 0.2) is 0 Å². The van der Waals surface area contributed by atoms with E-state index >= 15 is 0 Å². The highest BCUT2D eigenvalue weighted by Gasteiger charge is 2.61. The Morgan fingerprint density at radius 3 is 0.992 bits per heavy atom. The smallest absolute Gasteiger partial charge is 0.311 e. The summed E-state index contributed by atoms with van der Waals surface area (Å²) in [6, 6.07) is 2.15. The van der Waals surface area contributed by atoms with E-state index in [-0.39, 0.29) is 58.4 Å². The van der Waals surface area contributed by atoms with E-state index in [2.05, 4.69) is 60.8 Å². The molecule has 18 heteroatoms. The lowest BCUT2D eigenvalue weighted by Gasteiger charge is -2.56. The average Bonchev–Trinajstić information content (AvgIpc) is 1.70. The lowest BCUT2D eigenvalue weighted by Crippen LogP contribution is -2.52. The number of ether oxygens (including phenoxy) is 1. The molecule has 7 atom stereocenters. The minimum absolute atomic E-state index is 0.0665. The number of amides is 4. The number of carbonyl (C=O) groups is 5. The van der Waals surface area contributed by atoms with E-state index in [0.29, 0.717) is 59.1 Å². The van der Waals surface area contributed by atoms with E-state index in [9.17, 15) is 24.0 Å². The molecule has 0 spiro atoms. The highest BCUT2D eigenvalue weighted by molar-refractivity contribution is 5.96. The first-order valence-electron chi connectivity index (χ1n) is 52.7.